The van der Waals surface area contributed by atoms with Crippen LogP contribution < -0.4 is 14.2 Å². The van der Waals surface area contributed by atoms with Crippen molar-refractivity contribution in [3.8, 4) is 17.5 Å². The van der Waals surface area contributed by atoms with Crippen LogP contribution in [0.25, 0.3) is 0 Å². The topological polar surface area (TPSA) is 73.8 Å². The molecule has 1 saturated heterocycles. The van der Waals surface area contributed by atoms with Crippen LogP contribution in [0.1, 0.15) is 13.3 Å². The maximum atomic E-state index is 12.6. The quantitative estimate of drug-likeness (QED) is 0.798. The van der Waals surface area contributed by atoms with Gasteiger partial charge < -0.3 is 19.1 Å². The number of methoxy groups -OCH3 is 1. The third kappa shape index (κ3) is 4.17. The summed E-state index contributed by atoms with van der Waals surface area (Å²) in [5.74, 6) is 1.31. The highest BCUT2D eigenvalue weighted by atomic mass is 16.5. The van der Waals surface area contributed by atoms with Gasteiger partial charge in [-0.2, -0.15) is 0 Å². The van der Waals surface area contributed by atoms with Crippen LogP contribution in [0.2, 0.25) is 0 Å². The van der Waals surface area contributed by atoms with Crippen molar-refractivity contribution in [2.75, 3.05) is 20.2 Å². The van der Waals surface area contributed by atoms with E-state index in [0.29, 0.717) is 30.6 Å². The van der Waals surface area contributed by atoms with Crippen molar-refractivity contribution in [3.05, 3.63) is 42.7 Å². The highest BCUT2D eigenvalue weighted by molar-refractivity contribution is 5.81. The molecule has 1 amide bonds. The van der Waals surface area contributed by atoms with Gasteiger partial charge in [0.2, 0.25) is 0 Å². The SMILES string of the molecule is COc1nccnc1OC1CCN(C(=O)C(C)Oc2ccccc2)C1. The van der Waals surface area contributed by atoms with Crippen LogP contribution in [0.15, 0.2) is 42.7 Å². The molecule has 2 atom stereocenters. The van der Waals surface area contributed by atoms with Crippen molar-refractivity contribution in [1.82, 2.24) is 14.9 Å². The molecular weight excluding hydrogens is 322 g/mol. The van der Waals surface area contributed by atoms with E-state index in [1.54, 1.807) is 24.2 Å². The van der Waals surface area contributed by atoms with Crippen LogP contribution in [-0.2, 0) is 4.79 Å². The Morgan fingerprint density at radius 1 is 1.20 bits per heavy atom. The first-order valence-corrected chi connectivity index (χ1v) is 8.19. The molecule has 132 valence electrons. The predicted molar refractivity (Wildman–Crippen MR) is 90.7 cm³/mol. The zero-order valence-electron chi connectivity index (χ0n) is 14.3. The Morgan fingerprint density at radius 3 is 2.64 bits per heavy atom. The van der Waals surface area contributed by atoms with Crippen molar-refractivity contribution in [2.24, 2.45) is 0 Å². The van der Waals surface area contributed by atoms with Gasteiger partial charge in [-0.3, -0.25) is 4.79 Å². The highest BCUT2D eigenvalue weighted by Gasteiger charge is 2.31. The van der Waals surface area contributed by atoms with E-state index in [1.165, 1.54) is 7.11 Å². The minimum absolute atomic E-state index is 0.0546. The summed E-state index contributed by atoms with van der Waals surface area (Å²) in [7, 11) is 1.52. The third-order valence-electron chi connectivity index (χ3n) is 3.97. The molecule has 2 aromatic rings. The fourth-order valence-electron chi connectivity index (χ4n) is 2.73. The summed E-state index contributed by atoms with van der Waals surface area (Å²) in [6, 6.07) is 9.32. The average molecular weight is 343 g/mol. The summed E-state index contributed by atoms with van der Waals surface area (Å²) in [6.07, 6.45) is 3.12. The monoisotopic (exact) mass is 343 g/mol. The Bertz CT molecular complexity index is 710. The van der Waals surface area contributed by atoms with E-state index in [1.807, 2.05) is 30.3 Å². The van der Waals surface area contributed by atoms with Gasteiger partial charge in [-0.05, 0) is 19.1 Å². The molecule has 2 unspecified atom stereocenters. The van der Waals surface area contributed by atoms with E-state index in [9.17, 15) is 4.79 Å². The van der Waals surface area contributed by atoms with E-state index < -0.39 is 6.10 Å². The summed E-state index contributed by atoms with van der Waals surface area (Å²) < 4.78 is 16.7. The molecule has 1 aromatic heterocycles. The van der Waals surface area contributed by atoms with Crippen molar-refractivity contribution < 1.29 is 19.0 Å². The summed E-state index contributed by atoms with van der Waals surface area (Å²) in [5, 5.41) is 0. The lowest BCUT2D eigenvalue weighted by molar-refractivity contribution is -0.137. The van der Waals surface area contributed by atoms with Gasteiger partial charge >= 0.3 is 0 Å². The number of para-hydroxylation sites is 1. The number of ether oxygens (including phenoxy) is 3. The molecule has 2 heterocycles. The number of carbonyl (C=O) groups excluding carboxylic acids is 1. The van der Waals surface area contributed by atoms with E-state index in [-0.39, 0.29) is 12.0 Å². The molecule has 25 heavy (non-hydrogen) atoms. The molecule has 1 aromatic carbocycles. The average Bonchev–Trinajstić information content (AvgIpc) is 3.11. The van der Waals surface area contributed by atoms with E-state index in [0.717, 1.165) is 6.42 Å². The van der Waals surface area contributed by atoms with Gasteiger partial charge in [-0.25, -0.2) is 9.97 Å². The molecule has 0 spiro atoms. The smallest absolute Gasteiger partial charge is 0.278 e. The number of aromatic nitrogens is 2. The first-order chi connectivity index (χ1) is 12.2. The fraction of sp³-hybridized carbons (Fsp3) is 0.389. The number of rotatable bonds is 6. The minimum Gasteiger partial charge on any atom is -0.481 e. The molecule has 0 aliphatic carbocycles. The van der Waals surface area contributed by atoms with Gasteiger partial charge in [-0.15, -0.1) is 0 Å². The second kappa shape index (κ2) is 7.83. The van der Waals surface area contributed by atoms with Crippen molar-refractivity contribution in [1.29, 1.82) is 0 Å². The standard InChI is InChI=1S/C18H21N3O4/c1-13(24-14-6-4-3-5-7-14)18(22)21-11-8-15(12-21)25-17-16(23-2)19-9-10-20-17/h3-7,9-10,13,15H,8,11-12H2,1-2H3. The summed E-state index contributed by atoms with van der Waals surface area (Å²) in [4.78, 5) is 22.5. The molecule has 1 aliphatic rings. The lowest BCUT2D eigenvalue weighted by Crippen LogP contribution is -2.40. The van der Waals surface area contributed by atoms with Crippen LogP contribution in [-0.4, -0.2) is 53.2 Å². The first-order valence-electron chi connectivity index (χ1n) is 8.19. The lowest BCUT2D eigenvalue weighted by Gasteiger charge is -2.22. The molecule has 3 rings (SSSR count). The molecule has 1 aliphatic heterocycles. The number of likely N-dealkylation sites (tertiary alicyclic amines) is 1. The molecule has 1 fully saturated rings. The van der Waals surface area contributed by atoms with Crippen LogP contribution in [0, 0.1) is 0 Å². The predicted octanol–water partition coefficient (Wildman–Crippen LogP) is 1.93. The number of hydrogen-bond donors (Lipinski definition) is 0. The zero-order chi connectivity index (χ0) is 17.6. The molecule has 0 N–H and O–H groups in total. The maximum Gasteiger partial charge on any atom is 0.278 e. The summed E-state index contributed by atoms with van der Waals surface area (Å²) >= 11 is 0. The molecule has 7 heteroatoms. The number of nitrogens with zero attached hydrogens (tertiary/aromatic N) is 3. The van der Waals surface area contributed by atoms with Crippen molar-refractivity contribution in [2.45, 2.75) is 25.6 Å². The fourth-order valence-corrected chi connectivity index (χ4v) is 2.73. The van der Waals surface area contributed by atoms with Crippen LogP contribution in [0.4, 0.5) is 0 Å². The molecule has 7 nitrogen and oxygen atoms in total. The number of benzene rings is 1. The summed E-state index contributed by atoms with van der Waals surface area (Å²) in [5.41, 5.74) is 0. The number of hydrogen-bond acceptors (Lipinski definition) is 6. The van der Waals surface area contributed by atoms with Crippen molar-refractivity contribution in [3.63, 3.8) is 0 Å². The third-order valence-corrected chi connectivity index (χ3v) is 3.97. The van der Waals surface area contributed by atoms with Gasteiger partial charge in [0.1, 0.15) is 11.9 Å². The van der Waals surface area contributed by atoms with Gasteiger partial charge in [0, 0.05) is 25.4 Å². The van der Waals surface area contributed by atoms with E-state index >= 15 is 0 Å². The van der Waals surface area contributed by atoms with Crippen LogP contribution in [0.5, 0.6) is 17.5 Å². The van der Waals surface area contributed by atoms with Crippen LogP contribution >= 0.6 is 0 Å². The van der Waals surface area contributed by atoms with Gasteiger partial charge in [0.25, 0.3) is 17.7 Å². The Hall–Kier alpha value is -2.83. The molecular formula is C18H21N3O4. The number of amides is 1. The number of carbonyl (C=O) groups is 1. The normalized spacial score (nSPS) is 17.8. The van der Waals surface area contributed by atoms with Crippen molar-refractivity contribution >= 4 is 5.91 Å². The Labute approximate surface area is 146 Å². The van der Waals surface area contributed by atoms with Gasteiger partial charge in [0.15, 0.2) is 6.10 Å². The van der Waals surface area contributed by atoms with E-state index in [4.69, 9.17) is 14.2 Å². The van der Waals surface area contributed by atoms with Gasteiger partial charge in [0.05, 0.1) is 13.7 Å². The second-order valence-corrected chi connectivity index (χ2v) is 5.76. The zero-order valence-corrected chi connectivity index (χ0v) is 14.3. The maximum absolute atomic E-state index is 12.6. The molecule has 0 radical (unpaired) electrons. The minimum atomic E-state index is -0.549. The van der Waals surface area contributed by atoms with Gasteiger partial charge in [-0.1, -0.05) is 18.2 Å². The Kier molecular flexibility index (Phi) is 5.33. The van der Waals surface area contributed by atoms with E-state index in [2.05, 4.69) is 9.97 Å². The lowest BCUT2D eigenvalue weighted by atomic mass is 10.3. The largest absolute Gasteiger partial charge is 0.481 e. The molecule has 0 saturated carbocycles. The summed E-state index contributed by atoms with van der Waals surface area (Å²) in [6.45, 7) is 2.87. The highest BCUT2D eigenvalue weighted by Crippen LogP contribution is 2.24. The second-order valence-electron chi connectivity index (χ2n) is 5.76. The molecule has 0 bridgehead atoms. The van der Waals surface area contributed by atoms with Crippen LogP contribution in [0.3, 0.4) is 0 Å². The first kappa shape index (κ1) is 17.0. The Morgan fingerprint density at radius 2 is 1.92 bits per heavy atom. The Balaban J connectivity index is 1.56.